The van der Waals surface area contributed by atoms with E-state index in [0.717, 1.165) is 10.4 Å². The number of halogens is 1. The molecule has 0 saturated carbocycles. The van der Waals surface area contributed by atoms with E-state index in [9.17, 15) is 9.18 Å². The van der Waals surface area contributed by atoms with E-state index in [1.165, 1.54) is 23.5 Å². The molecule has 5 heteroatoms. The fourth-order valence-corrected chi connectivity index (χ4v) is 2.70. The van der Waals surface area contributed by atoms with Crippen molar-refractivity contribution in [3.8, 4) is 12.3 Å². The monoisotopic (exact) mass is 302 g/mol. The molecule has 1 aromatic heterocycles. The van der Waals surface area contributed by atoms with Crippen molar-refractivity contribution in [2.45, 2.75) is 18.5 Å². The summed E-state index contributed by atoms with van der Waals surface area (Å²) in [6, 6.07) is 8.71. The summed E-state index contributed by atoms with van der Waals surface area (Å²) in [6.07, 6.45) is 5.34. The minimum atomic E-state index is -0.752. The number of benzene rings is 1. The summed E-state index contributed by atoms with van der Waals surface area (Å²) in [6.45, 7) is 0. The third-order valence-corrected chi connectivity index (χ3v) is 3.93. The molecule has 0 aliphatic rings. The quantitative estimate of drug-likeness (QED) is 0.834. The molecular formula is C16H15FN2OS. The first-order chi connectivity index (χ1) is 10.1. The Bertz CT molecular complexity index is 631. The number of thiophene rings is 1. The molecule has 2 aromatic rings. The number of hydrogen-bond acceptors (Lipinski definition) is 3. The van der Waals surface area contributed by atoms with Crippen molar-refractivity contribution in [3.63, 3.8) is 0 Å². The lowest BCUT2D eigenvalue weighted by molar-refractivity contribution is -0.122. The highest BCUT2D eigenvalue weighted by Gasteiger charge is 2.21. The molecule has 1 heterocycles. The van der Waals surface area contributed by atoms with Crippen LogP contribution in [0.5, 0.6) is 0 Å². The molecule has 0 aliphatic heterocycles. The van der Waals surface area contributed by atoms with Gasteiger partial charge in [-0.25, -0.2) is 4.39 Å². The smallest absolute Gasteiger partial charge is 0.238 e. The predicted molar refractivity (Wildman–Crippen MR) is 82.1 cm³/mol. The van der Waals surface area contributed by atoms with E-state index in [1.807, 2.05) is 17.5 Å². The Morgan fingerprint density at radius 2 is 2.10 bits per heavy atom. The van der Waals surface area contributed by atoms with Gasteiger partial charge in [0.05, 0.1) is 12.1 Å². The molecule has 0 saturated heterocycles. The van der Waals surface area contributed by atoms with Gasteiger partial charge in [-0.15, -0.1) is 23.7 Å². The highest BCUT2D eigenvalue weighted by atomic mass is 32.1. The molecule has 0 fully saturated rings. The van der Waals surface area contributed by atoms with Gasteiger partial charge in [0, 0.05) is 11.3 Å². The van der Waals surface area contributed by atoms with Gasteiger partial charge in [-0.05, 0) is 29.1 Å². The molecule has 2 rings (SSSR count). The van der Waals surface area contributed by atoms with Gasteiger partial charge in [-0.3, -0.25) is 4.79 Å². The molecule has 108 valence electrons. The second-order valence-electron chi connectivity index (χ2n) is 4.52. The zero-order valence-electron chi connectivity index (χ0n) is 11.3. The molecule has 0 spiro atoms. The van der Waals surface area contributed by atoms with Crippen LogP contribution in [0.2, 0.25) is 0 Å². The van der Waals surface area contributed by atoms with Gasteiger partial charge in [0.2, 0.25) is 5.91 Å². The van der Waals surface area contributed by atoms with E-state index < -0.39 is 6.04 Å². The summed E-state index contributed by atoms with van der Waals surface area (Å²) >= 11 is 1.51. The maximum atomic E-state index is 13.1. The second kappa shape index (κ2) is 7.02. The molecule has 0 radical (unpaired) electrons. The van der Waals surface area contributed by atoms with Crippen LogP contribution in [0.1, 0.15) is 22.9 Å². The Balaban J connectivity index is 2.24. The van der Waals surface area contributed by atoms with Gasteiger partial charge in [0.25, 0.3) is 0 Å². The largest absolute Gasteiger partial charge is 0.343 e. The summed E-state index contributed by atoms with van der Waals surface area (Å²) in [7, 11) is 0. The van der Waals surface area contributed by atoms with Gasteiger partial charge < -0.3 is 11.1 Å². The minimum absolute atomic E-state index is 0.173. The van der Waals surface area contributed by atoms with E-state index in [2.05, 4.69) is 11.2 Å². The van der Waals surface area contributed by atoms with E-state index in [0.29, 0.717) is 0 Å². The van der Waals surface area contributed by atoms with Crippen molar-refractivity contribution >= 4 is 17.2 Å². The van der Waals surface area contributed by atoms with Crippen molar-refractivity contribution in [1.29, 1.82) is 0 Å². The number of amides is 1. The predicted octanol–water partition coefficient (Wildman–Crippen LogP) is 2.44. The van der Waals surface area contributed by atoms with Crippen LogP contribution in [0.4, 0.5) is 4.39 Å². The molecule has 3 N–H and O–H groups in total. The van der Waals surface area contributed by atoms with Crippen molar-refractivity contribution in [1.82, 2.24) is 5.32 Å². The Morgan fingerprint density at radius 3 is 2.67 bits per heavy atom. The number of rotatable bonds is 5. The van der Waals surface area contributed by atoms with Crippen LogP contribution in [0.15, 0.2) is 41.8 Å². The van der Waals surface area contributed by atoms with Crippen molar-refractivity contribution in [2.24, 2.45) is 5.73 Å². The Labute approximate surface area is 127 Å². The van der Waals surface area contributed by atoms with Crippen LogP contribution in [0.3, 0.4) is 0 Å². The summed E-state index contributed by atoms with van der Waals surface area (Å²) in [5, 5.41) is 4.78. The zero-order chi connectivity index (χ0) is 15.2. The Morgan fingerprint density at radius 1 is 1.38 bits per heavy atom. The first-order valence-corrected chi connectivity index (χ1v) is 7.28. The van der Waals surface area contributed by atoms with Crippen LogP contribution >= 0.6 is 11.3 Å². The minimum Gasteiger partial charge on any atom is -0.343 e. The molecule has 2 atom stereocenters. The lowest BCUT2D eigenvalue weighted by Crippen LogP contribution is -2.42. The first-order valence-electron chi connectivity index (χ1n) is 6.40. The highest BCUT2D eigenvalue weighted by molar-refractivity contribution is 7.10. The lowest BCUT2D eigenvalue weighted by atomic mass is 10.0. The fourth-order valence-electron chi connectivity index (χ4n) is 1.90. The van der Waals surface area contributed by atoms with Crippen molar-refractivity contribution < 1.29 is 9.18 Å². The summed E-state index contributed by atoms with van der Waals surface area (Å²) in [4.78, 5) is 13.0. The number of nitrogens with one attached hydrogen (secondary N) is 1. The molecule has 1 aromatic carbocycles. The second-order valence-corrected chi connectivity index (χ2v) is 5.50. The zero-order valence-corrected chi connectivity index (χ0v) is 12.1. The first kappa shape index (κ1) is 15.2. The van der Waals surface area contributed by atoms with Crippen LogP contribution in [0.25, 0.3) is 0 Å². The molecule has 3 nitrogen and oxygen atoms in total. The Kier molecular flexibility index (Phi) is 5.09. The van der Waals surface area contributed by atoms with E-state index in [4.69, 9.17) is 12.2 Å². The van der Waals surface area contributed by atoms with Gasteiger partial charge in [-0.1, -0.05) is 18.2 Å². The standard InChI is InChI=1S/C16H15FN2OS/c1-2-4-13(18)16(20)19-15(14-5-3-10-21-14)11-6-8-12(17)9-7-11/h1,3,5-10,13,15H,4,18H2,(H,19,20). The lowest BCUT2D eigenvalue weighted by Gasteiger charge is -2.20. The number of carbonyl (C=O) groups excluding carboxylic acids is 1. The third kappa shape index (κ3) is 3.91. The SMILES string of the molecule is C#CCC(N)C(=O)NC(c1ccc(F)cc1)c1cccs1. The van der Waals surface area contributed by atoms with Crippen LogP contribution < -0.4 is 11.1 Å². The van der Waals surface area contributed by atoms with Gasteiger partial charge in [0.1, 0.15) is 5.82 Å². The summed E-state index contributed by atoms with van der Waals surface area (Å²) in [5.41, 5.74) is 6.51. The summed E-state index contributed by atoms with van der Waals surface area (Å²) in [5.74, 6) is 1.73. The highest BCUT2D eigenvalue weighted by Crippen LogP contribution is 2.26. The number of carbonyl (C=O) groups is 1. The normalized spacial score (nSPS) is 13.2. The van der Waals surface area contributed by atoms with E-state index in [1.54, 1.807) is 12.1 Å². The van der Waals surface area contributed by atoms with Gasteiger partial charge in [-0.2, -0.15) is 0 Å². The molecule has 0 bridgehead atoms. The number of nitrogens with two attached hydrogens (primary N) is 1. The number of terminal acetylenes is 1. The van der Waals surface area contributed by atoms with Gasteiger partial charge in [0.15, 0.2) is 0 Å². The van der Waals surface area contributed by atoms with Gasteiger partial charge >= 0.3 is 0 Å². The average Bonchev–Trinajstić information content (AvgIpc) is 3.00. The summed E-state index contributed by atoms with van der Waals surface area (Å²) < 4.78 is 13.1. The van der Waals surface area contributed by atoms with E-state index in [-0.39, 0.29) is 24.2 Å². The van der Waals surface area contributed by atoms with Crippen LogP contribution in [-0.2, 0) is 4.79 Å². The topological polar surface area (TPSA) is 55.1 Å². The Hall–Kier alpha value is -2.16. The maximum Gasteiger partial charge on any atom is 0.238 e. The number of hydrogen-bond donors (Lipinski definition) is 2. The molecule has 21 heavy (non-hydrogen) atoms. The van der Waals surface area contributed by atoms with Crippen LogP contribution in [0, 0.1) is 18.2 Å². The molecule has 0 aliphatic carbocycles. The third-order valence-electron chi connectivity index (χ3n) is 2.99. The van der Waals surface area contributed by atoms with Crippen molar-refractivity contribution in [2.75, 3.05) is 0 Å². The maximum absolute atomic E-state index is 13.1. The average molecular weight is 302 g/mol. The molecule has 1 amide bonds. The molecule has 2 unspecified atom stereocenters. The fraction of sp³-hybridized carbons (Fsp3) is 0.188. The van der Waals surface area contributed by atoms with Crippen LogP contribution in [-0.4, -0.2) is 11.9 Å². The molecular weight excluding hydrogens is 287 g/mol. The van der Waals surface area contributed by atoms with Crippen molar-refractivity contribution in [3.05, 3.63) is 58.0 Å². The van der Waals surface area contributed by atoms with E-state index >= 15 is 0 Å².